The zero-order valence-corrected chi connectivity index (χ0v) is 16.5. The molecule has 3 atom stereocenters. The second kappa shape index (κ2) is 8.00. The zero-order valence-electron chi connectivity index (χ0n) is 16.5. The highest BCUT2D eigenvalue weighted by Gasteiger charge is 2.33. The number of allylic oxidation sites excluding steroid dienone is 1. The van der Waals surface area contributed by atoms with Gasteiger partial charge in [-0.15, -0.1) is 10.2 Å². The largest absolute Gasteiger partial charge is 0.426 e. The van der Waals surface area contributed by atoms with Gasteiger partial charge in [0, 0.05) is 46.1 Å². The molecule has 1 aromatic rings. The van der Waals surface area contributed by atoms with Crippen LogP contribution in [0.15, 0.2) is 16.1 Å². The summed E-state index contributed by atoms with van der Waals surface area (Å²) in [5, 5.41) is 8.19. The standard InChI is InChI=1S/C20H34N4O/c1-14(2)19-11-17(12-20-22-21-16(4)25-20)15(3)10-18(19)13-24-8-6-23(5)7-9-24/h10,14,17-19H,6-9,11-13H2,1-5H3/t17-,18-,19-/m0/s1. The van der Waals surface area contributed by atoms with Crippen LogP contribution in [0, 0.1) is 30.6 Å². The van der Waals surface area contributed by atoms with Gasteiger partial charge in [-0.3, -0.25) is 0 Å². The highest BCUT2D eigenvalue weighted by atomic mass is 16.4. The zero-order chi connectivity index (χ0) is 18.0. The Morgan fingerprint density at radius 2 is 1.88 bits per heavy atom. The van der Waals surface area contributed by atoms with Crippen LogP contribution in [0.4, 0.5) is 0 Å². The molecule has 140 valence electrons. The van der Waals surface area contributed by atoms with Crippen LogP contribution in [0.2, 0.25) is 0 Å². The molecule has 0 radical (unpaired) electrons. The Kier molecular flexibility index (Phi) is 5.95. The third-order valence-electron chi connectivity index (χ3n) is 6.14. The lowest BCUT2D eigenvalue weighted by atomic mass is 9.69. The normalized spacial score (nSPS) is 29.2. The number of rotatable bonds is 5. The minimum absolute atomic E-state index is 0.538. The summed E-state index contributed by atoms with van der Waals surface area (Å²) in [4.78, 5) is 5.09. The first kappa shape index (κ1) is 18.6. The molecule has 25 heavy (non-hydrogen) atoms. The van der Waals surface area contributed by atoms with Gasteiger partial charge in [-0.05, 0) is 44.1 Å². The Morgan fingerprint density at radius 3 is 2.48 bits per heavy atom. The van der Waals surface area contributed by atoms with Gasteiger partial charge in [0.2, 0.25) is 11.8 Å². The first-order chi connectivity index (χ1) is 11.9. The van der Waals surface area contributed by atoms with Crippen LogP contribution >= 0.6 is 0 Å². The Hall–Kier alpha value is -1.20. The first-order valence-electron chi connectivity index (χ1n) is 9.80. The summed E-state index contributed by atoms with van der Waals surface area (Å²) >= 11 is 0. The number of hydrogen-bond acceptors (Lipinski definition) is 5. The Bertz CT molecular complexity index is 586. The molecule has 5 heteroatoms. The molecule has 1 aliphatic heterocycles. The molecule has 1 saturated heterocycles. The van der Waals surface area contributed by atoms with Crippen LogP contribution in [0.25, 0.3) is 0 Å². The highest BCUT2D eigenvalue weighted by Crippen LogP contribution is 2.39. The Labute approximate surface area is 152 Å². The molecule has 0 N–H and O–H groups in total. The van der Waals surface area contributed by atoms with Gasteiger partial charge in [0.05, 0.1) is 0 Å². The fourth-order valence-electron chi connectivity index (χ4n) is 4.44. The summed E-state index contributed by atoms with van der Waals surface area (Å²) in [6, 6.07) is 0. The minimum atomic E-state index is 0.538. The molecule has 0 aromatic carbocycles. The van der Waals surface area contributed by atoms with Crippen molar-refractivity contribution in [3.63, 3.8) is 0 Å². The Morgan fingerprint density at radius 1 is 1.16 bits per heavy atom. The average Bonchev–Trinajstić information content (AvgIpc) is 2.97. The number of aryl methyl sites for hydroxylation is 1. The Balaban J connectivity index is 1.68. The van der Waals surface area contributed by atoms with Crippen molar-refractivity contribution >= 4 is 0 Å². The molecule has 2 aliphatic rings. The van der Waals surface area contributed by atoms with E-state index in [9.17, 15) is 0 Å². The number of piperazine rings is 1. The van der Waals surface area contributed by atoms with E-state index in [0.29, 0.717) is 23.6 Å². The van der Waals surface area contributed by atoms with E-state index in [1.54, 1.807) is 0 Å². The summed E-state index contributed by atoms with van der Waals surface area (Å²) in [5.41, 5.74) is 1.51. The third kappa shape index (κ3) is 4.70. The molecular formula is C20H34N4O. The van der Waals surface area contributed by atoms with Gasteiger partial charge >= 0.3 is 0 Å². The summed E-state index contributed by atoms with van der Waals surface area (Å²) in [7, 11) is 2.22. The maximum absolute atomic E-state index is 5.63. The lowest BCUT2D eigenvalue weighted by Gasteiger charge is -2.41. The molecule has 3 rings (SSSR count). The van der Waals surface area contributed by atoms with Gasteiger partial charge in [-0.25, -0.2) is 0 Å². The number of likely N-dealkylation sites (N-methyl/N-ethyl adjacent to an activating group) is 1. The van der Waals surface area contributed by atoms with E-state index in [2.05, 4.69) is 53.9 Å². The molecule has 0 unspecified atom stereocenters. The molecule has 0 spiro atoms. The van der Waals surface area contributed by atoms with Crippen molar-refractivity contribution in [2.45, 2.75) is 40.5 Å². The molecule has 1 aromatic heterocycles. The van der Waals surface area contributed by atoms with Crippen LogP contribution in [-0.4, -0.2) is 59.8 Å². The van der Waals surface area contributed by atoms with E-state index >= 15 is 0 Å². The van der Waals surface area contributed by atoms with Crippen molar-refractivity contribution in [3.05, 3.63) is 23.4 Å². The highest BCUT2D eigenvalue weighted by molar-refractivity contribution is 5.14. The van der Waals surface area contributed by atoms with Crippen molar-refractivity contribution < 1.29 is 4.42 Å². The molecule has 0 bridgehead atoms. The van der Waals surface area contributed by atoms with E-state index < -0.39 is 0 Å². The molecule has 2 heterocycles. The van der Waals surface area contributed by atoms with Gasteiger partial charge < -0.3 is 14.2 Å². The van der Waals surface area contributed by atoms with Crippen molar-refractivity contribution in [3.8, 4) is 0 Å². The van der Waals surface area contributed by atoms with Crippen molar-refractivity contribution in [2.24, 2.45) is 23.7 Å². The lowest BCUT2D eigenvalue weighted by Crippen LogP contribution is -2.47. The number of aromatic nitrogens is 2. The average molecular weight is 347 g/mol. The first-order valence-corrected chi connectivity index (χ1v) is 9.80. The third-order valence-corrected chi connectivity index (χ3v) is 6.14. The fraction of sp³-hybridized carbons (Fsp3) is 0.800. The number of nitrogens with zero attached hydrogens (tertiary/aromatic N) is 4. The van der Waals surface area contributed by atoms with Gasteiger partial charge in [-0.1, -0.05) is 25.5 Å². The summed E-state index contributed by atoms with van der Waals surface area (Å²) in [5.74, 6) is 4.10. The van der Waals surface area contributed by atoms with E-state index in [1.807, 2.05) is 6.92 Å². The van der Waals surface area contributed by atoms with Crippen LogP contribution in [0.5, 0.6) is 0 Å². The van der Waals surface area contributed by atoms with Crippen molar-refractivity contribution in [1.82, 2.24) is 20.0 Å². The molecule has 1 aliphatic carbocycles. The SMILES string of the molecule is CC1=C[C@@H](CN2CCN(C)CC2)[C@H](C(C)C)C[C@H]1Cc1nnc(C)o1. The van der Waals surface area contributed by atoms with E-state index in [0.717, 1.165) is 18.2 Å². The second-order valence-corrected chi connectivity index (χ2v) is 8.44. The van der Waals surface area contributed by atoms with Gasteiger partial charge in [-0.2, -0.15) is 0 Å². The van der Waals surface area contributed by atoms with Crippen LogP contribution in [0.1, 0.15) is 39.0 Å². The topological polar surface area (TPSA) is 45.4 Å². The van der Waals surface area contributed by atoms with Crippen LogP contribution < -0.4 is 0 Å². The monoisotopic (exact) mass is 346 g/mol. The summed E-state index contributed by atoms with van der Waals surface area (Å²) in [6.45, 7) is 14.9. The minimum Gasteiger partial charge on any atom is -0.426 e. The van der Waals surface area contributed by atoms with E-state index in [1.165, 1.54) is 44.7 Å². The smallest absolute Gasteiger partial charge is 0.217 e. The fourth-order valence-corrected chi connectivity index (χ4v) is 4.44. The molecule has 0 amide bonds. The van der Waals surface area contributed by atoms with Crippen molar-refractivity contribution in [2.75, 3.05) is 39.8 Å². The van der Waals surface area contributed by atoms with Gasteiger partial charge in [0.25, 0.3) is 0 Å². The van der Waals surface area contributed by atoms with Gasteiger partial charge in [0.1, 0.15) is 0 Å². The lowest BCUT2D eigenvalue weighted by molar-refractivity contribution is 0.112. The molecule has 0 saturated carbocycles. The molecule has 1 fully saturated rings. The molecular weight excluding hydrogens is 312 g/mol. The van der Waals surface area contributed by atoms with Gasteiger partial charge in [0.15, 0.2) is 0 Å². The summed E-state index contributed by atoms with van der Waals surface area (Å²) in [6.07, 6.45) is 4.67. The summed E-state index contributed by atoms with van der Waals surface area (Å²) < 4.78 is 5.63. The predicted octanol–water partition coefficient (Wildman–Crippen LogP) is 3.02. The maximum atomic E-state index is 5.63. The number of hydrogen-bond donors (Lipinski definition) is 0. The predicted molar refractivity (Wildman–Crippen MR) is 100 cm³/mol. The van der Waals surface area contributed by atoms with Crippen molar-refractivity contribution in [1.29, 1.82) is 0 Å². The molecule has 5 nitrogen and oxygen atoms in total. The van der Waals surface area contributed by atoms with Crippen LogP contribution in [0.3, 0.4) is 0 Å². The second-order valence-electron chi connectivity index (χ2n) is 8.44. The maximum Gasteiger partial charge on any atom is 0.217 e. The van der Waals surface area contributed by atoms with E-state index in [-0.39, 0.29) is 0 Å². The quantitative estimate of drug-likeness (QED) is 0.767. The van der Waals surface area contributed by atoms with Crippen LogP contribution in [-0.2, 0) is 6.42 Å². The van der Waals surface area contributed by atoms with E-state index in [4.69, 9.17) is 4.42 Å².